The first-order valence-electron chi connectivity index (χ1n) is 7.45. The van der Waals surface area contributed by atoms with Crippen LogP contribution in [0, 0.1) is 5.82 Å². The Morgan fingerprint density at radius 1 is 1.27 bits per heavy atom. The highest BCUT2D eigenvalue weighted by atomic mass is 19.1. The molecule has 2 aromatic carbocycles. The summed E-state index contributed by atoms with van der Waals surface area (Å²) in [6.07, 6.45) is 0.635. The normalized spacial score (nSPS) is 11.0. The number of hydrogen-bond acceptors (Lipinski definition) is 3. The van der Waals surface area contributed by atoms with Crippen molar-refractivity contribution in [1.82, 2.24) is 0 Å². The summed E-state index contributed by atoms with van der Waals surface area (Å²) in [6, 6.07) is 6.99. The maximum atomic E-state index is 14.1. The van der Waals surface area contributed by atoms with E-state index in [1.165, 1.54) is 13.0 Å². The number of esters is 1. The fourth-order valence-electron chi connectivity index (χ4n) is 2.59. The van der Waals surface area contributed by atoms with Crippen molar-refractivity contribution in [1.29, 1.82) is 0 Å². The van der Waals surface area contributed by atoms with Crippen LogP contribution < -0.4 is 4.74 Å². The monoisotopic (exact) mass is 304 g/mol. The van der Waals surface area contributed by atoms with Gasteiger partial charge in [-0.1, -0.05) is 26.8 Å². The SMILES string of the molecule is CCc1c(F)ccc2cc(OCOC(C)=O)cc(C(C)C)c12. The maximum absolute atomic E-state index is 14.1. The lowest BCUT2D eigenvalue weighted by atomic mass is 9.91. The number of hydrogen-bond donors (Lipinski definition) is 0. The molecular formula is C18H21FO3. The Labute approximate surface area is 130 Å². The second-order valence-corrected chi connectivity index (χ2v) is 5.54. The molecule has 0 N–H and O–H groups in total. The molecule has 0 amide bonds. The van der Waals surface area contributed by atoms with Crippen molar-refractivity contribution in [2.45, 2.75) is 40.0 Å². The number of halogens is 1. The molecule has 2 aromatic rings. The molecule has 0 aliphatic carbocycles. The molecule has 2 rings (SSSR count). The van der Waals surface area contributed by atoms with E-state index in [1.807, 2.05) is 19.1 Å². The van der Waals surface area contributed by atoms with Gasteiger partial charge in [-0.25, -0.2) is 4.39 Å². The number of ether oxygens (including phenoxy) is 2. The first-order valence-corrected chi connectivity index (χ1v) is 7.45. The van der Waals surface area contributed by atoms with Crippen LogP contribution in [0.3, 0.4) is 0 Å². The van der Waals surface area contributed by atoms with Crippen LogP contribution in [0.4, 0.5) is 4.39 Å². The lowest BCUT2D eigenvalue weighted by molar-refractivity contribution is -0.147. The maximum Gasteiger partial charge on any atom is 0.305 e. The molecule has 0 unspecified atom stereocenters. The Morgan fingerprint density at radius 3 is 2.59 bits per heavy atom. The summed E-state index contributed by atoms with van der Waals surface area (Å²) in [5.41, 5.74) is 1.76. The molecule has 4 heteroatoms. The Balaban J connectivity index is 2.51. The van der Waals surface area contributed by atoms with Gasteiger partial charge >= 0.3 is 5.97 Å². The summed E-state index contributed by atoms with van der Waals surface area (Å²) in [6.45, 7) is 7.29. The first kappa shape index (κ1) is 16.3. The van der Waals surface area contributed by atoms with Crippen LogP contribution in [-0.4, -0.2) is 12.8 Å². The molecule has 0 radical (unpaired) electrons. The van der Waals surface area contributed by atoms with Crippen LogP contribution in [0.15, 0.2) is 24.3 Å². The van der Waals surface area contributed by atoms with Gasteiger partial charge in [-0.05, 0) is 52.4 Å². The van der Waals surface area contributed by atoms with Gasteiger partial charge in [0.05, 0.1) is 0 Å². The minimum atomic E-state index is -0.389. The molecule has 0 fully saturated rings. The molecule has 3 nitrogen and oxygen atoms in total. The zero-order valence-corrected chi connectivity index (χ0v) is 13.4. The third-order valence-corrected chi connectivity index (χ3v) is 3.64. The van der Waals surface area contributed by atoms with Crippen LogP contribution in [0.1, 0.15) is 44.7 Å². The number of carbonyl (C=O) groups is 1. The quantitative estimate of drug-likeness (QED) is 0.600. The molecule has 0 saturated carbocycles. The Kier molecular flexibility index (Phi) is 5.01. The topological polar surface area (TPSA) is 35.5 Å². The molecule has 0 heterocycles. The van der Waals surface area contributed by atoms with Gasteiger partial charge in [0.15, 0.2) is 0 Å². The Morgan fingerprint density at radius 2 is 2.00 bits per heavy atom. The number of aryl methyl sites for hydroxylation is 1. The minimum absolute atomic E-state index is 0.125. The number of benzene rings is 2. The highest BCUT2D eigenvalue weighted by Crippen LogP contribution is 2.34. The second-order valence-electron chi connectivity index (χ2n) is 5.54. The van der Waals surface area contributed by atoms with Crippen LogP contribution in [-0.2, 0) is 16.0 Å². The van der Waals surface area contributed by atoms with E-state index < -0.39 is 0 Å². The van der Waals surface area contributed by atoms with E-state index in [1.54, 1.807) is 6.07 Å². The van der Waals surface area contributed by atoms with E-state index in [0.717, 1.165) is 21.9 Å². The van der Waals surface area contributed by atoms with Gasteiger partial charge in [-0.15, -0.1) is 0 Å². The van der Waals surface area contributed by atoms with Crippen molar-refractivity contribution in [2.24, 2.45) is 0 Å². The molecule has 0 aliphatic heterocycles. The van der Waals surface area contributed by atoms with Crippen LogP contribution in [0.2, 0.25) is 0 Å². The molecule has 0 saturated heterocycles. The van der Waals surface area contributed by atoms with E-state index in [0.29, 0.717) is 12.2 Å². The second kappa shape index (κ2) is 6.77. The molecule has 0 aliphatic rings. The van der Waals surface area contributed by atoms with E-state index in [4.69, 9.17) is 9.47 Å². The molecular weight excluding hydrogens is 283 g/mol. The van der Waals surface area contributed by atoms with E-state index in [2.05, 4.69) is 13.8 Å². The van der Waals surface area contributed by atoms with Crippen molar-refractivity contribution in [3.63, 3.8) is 0 Å². The molecule has 0 atom stereocenters. The summed E-state index contributed by atoms with van der Waals surface area (Å²) in [7, 11) is 0. The minimum Gasteiger partial charge on any atom is -0.457 e. The zero-order valence-electron chi connectivity index (χ0n) is 13.4. The summed E-state index contributed by atoms with van der Waals surface area (Å²) in [5, 5.41) is 1.89. The molecule has 0 aromatic heterocycles. The molecule has 0 spiro atoms. The van der Waals surface area contributed by atoms with Gasteiger partial charge in [-0.2, -0.15) is 0 Å². The third-order valence-electron chi connectivity index (χ3n) is 3.64. The van der Waals surface area contributed by atoms with Gasteiger partial charge in [0, 0.05) is 6.92 Å². The molecule has 118 valence electrons. The average molecular weight is 304 g/mol. The van der Waals surface area contributed by atoms with Crippen LogP contribution >= 0.6 is 0 Å². The lowest BCUT2D eigenvalue weighted by Crippen LogP contribution is -2.07. The van der Waals surface area contributed by atoms with Crippen molar-refractivity contribution in [2.75, 3.05) is 6.79 Å². The third kappa shape index (κ3) is 3.38. The highest BCUT2D eigenvalue weighted by molar-refractivity contribution is 5.91. The summed E-state index contributed by atoms with van der Waals surface area (Å²) in [4.78, 5) is 10.8. The van der Waals surface area contributed by atoms with Gasteiger partial charge < -0.3 is 9.47 Å². The summed E-state index contributed by atoms with van der Waals surface area (Å²) in [5.74, 6) is 0.281. The van der Waals surface area contributed by atoms with Gasteiger partial charge in [0.1, 0.15) is 11.6 Å². The first-order chi connectivity index (χ1) is 10.4. The van der Waals surface area contributed by atoms with Gasteiger partial charge in [-0.3, -0.25) is 4.79 Å². The summed E-state index contributed by atoms with van der Waals surface area (Å²) >= 11 is 0. The van der Waals surface area contributed by atoms with Gasteiger partial charge in [0.2, 0.25) is 6.79 Å². The molecule has 0 bridgehead atoms. The number of carbonyl (C=O) groups excluding carboxylic acids is 1. The standard InChI is InChI=1S/C18H21FO3/c1-5-15-17(19)7-6-13-8-14(22-10-21-12(4)20)9-16(11(2)3)18(13)15/h6-9,11H,5,10H2,1-4H3. The number of rotatable bonds is 5. The summed E-state index contributed by atoms with van der Waals surface area (Å²) < 4.78 is 24.4. The highest BCUT2D eigenvalue weighted by Gasteiger charge is 2.14. The van der Waals surface area contributed by atoms with Crippen molar-refractivity contribution in [3.05, 3.63) is 41.2 Å². The fourth-order valence-corrected chi connectivity index (χ4v) is 2.59. The number of fused-ring (bicyclic) bond motifs is 1. The Bertz CT molecular complexity index is 692. The average Bonchev–Trinajstić information content (AvgIpc) is 2.46. The largest absolute Gasteiger partial charge is 0.457 e. The van der Waals surface area contributed by atoms with E-state index >= 15 is 0 Å². The van der Waals surface area contributed by atoms with Crippen molar-refractivity contribution in [3.8, 4) is 5.75 Å². The van der Waals surface area contributed by atoms with Crippen LogP contribution in [0.25, 0.3) is 10.8 Å². The van der Waals surface area contributed by atoms with Crippen molar-refractivity contribution >= 4 is 16.7 Å². The van der Waals surface area contributed by atoms with Crippen molar-refractivity contribution < 1.29 is 18.7 Å². The molecule has 22 heavy (non-hydrogen) atoms. The van der Waals surface area contributed by atoms with E-state index in [-0.39, 0.29) is 24.5 Å². The van der Waals surface area contributed by atoms with Gasteiger partial charge in [0.25, 0.3) is 0 Å². The zero-order chi connectivity index (χ0) is 16.3. The van der Waals surface area contributed by atoms with Crippen LogP contribution in [0.5, 0.6) is 5.75 Å². The smallest absolute Gasteiger partial charge is 0.305 e. The Hall–Kier alpha value is -2.10. The predicted octanol–water partition coefficient (Wildman–Crippen LogP) is 4.56. The van der Waals surface area contributed by atoms with E-state index in [9.17, 15) is 9.18 Å². The lowest BCUT2D eigenvalue weighted by Gasteiger charge is -2.17. The predicted molar refractivity (Wildman–Crippen MR) is 84.6 cm³/mol. The fraction of sp³-hybridized carbons (Fsp3) is 0.389.